The normalized spacial score (nSPS) is 10.9. The van der Waals surface area contributed by atoms with Gasteiger partial charge in [-0.1, -0.05) is 12.1 Å². The molecule has 2 rings (SSSR count). The van der Waals surface area contributed by atoms with E-state index in [1.807, 2.05) is 0 Å². The summed E-state index contributed by atoms with van der Waals surface area (Å²) in [7, 11) is 4.18. The van der Waals surface area contributed by atoms with Crippen LogP contribution in [-0.4, -0.2) is 44.5 Å². The smallest absolute Gasteiger partial charge is 0.418 e. The van der Waals surface area contributed by atoms with E-state index >= 15 is 0 Å². The highest BCUT2D eigenvalue weighted by atomic mass is 19.4. The van der Waals surface area contributed by atoms with E-state index in [0.29, 0.717) is 5.75 Å². The van der Waals surface area contributed by atoms with Crippen LogP contribution in [0.4, 0.5) is 18.9 Å². The van der Waals surface area contributed by atoms with E-state index in [0.717, 1.165) is 17.0 Å². The Hall–Kier alpha value is -3.23. The fraction of sp³-hybridized carbons (Fsp3) is 0.263. The Morgan fingerprint density at radius 3 is 2.36 bits per heavy atom. The highest BCUT2D eigenvalue weighted by Gasteiger charge is 2.33. The molecule has 0 heterocycles. The average molecular weight is 396 g/mol. The van der Waals surface area contributed by atoms with Gasteiger partial charge in [-0.2, -0.15) is 13.2 Å². The van der Waals surface area contributed by atoms with Gasteiger partial charge < -0.3 is 19.7 Å². The number of nitrogens with zero attached hydrogens (tertiary/aromatic N) is 1. The Kier molecular flexibility index (Phi) is 6.50. The first-order valence-electron chi connectivity index (χ1n) is 8.11. The van der Waals surface area contributed by atoms with Crippen LogP contribution in [0.1, 0.15) is 15.9 Å². The molecule has 0 spiro atoms. The highest BCUT2D eigenvalue weighted by Crippen LogP contribution is 2.34. The summed E-state index contributed by atoms with van der Waals surface area (Å²) in [6.07, 6.45) is -4.61. The number of amides is 2. The number of para-hydroxylation sites is 1. The standard InChI is InChI=1S/C19H19F3N2O4/c1-24(18(26)13-10-12(27-2)8-9-16(13)28-3)11-17(25)23-15-7-5-4-6-14(15)19(20,21)22/h4-10H,11H2,1-3H3,(H,23,25). The van der Waals surface area contributed by atoms with Crippen molar-refractivity contribution >= 4 is 17.5 Å². The lowest BCUT2D eigenvalue weighted by molar-refractivity contribution is -0.137. The number of rotatable bonds is 6. The van der Waals surface area contributed by atoms with Crippen molar-refractivity contribution in [3.8, 4) is 11.5 Å². The predicted molar refractivity (Wildman–Crippen MR) is 96.6 cm³/mol. The first kappa shape index (κ1) is 21.1. The molecule has 2 amide bonds. The van der Waals surface area contributed by atoms with Crippen molar-refractivity contribution in [1.29, 1.82) is 0 Å². The highest BCUT2D eigenvalue weighted by molar-refractivity contribution is 6.01. The summed E-state index contributed by atoms with van der Waals surface area (Å²) >= 11 is 0. The first-order chi connectivity index (χ1) is 13.2. The van der Waals surface area contributed by atoms with Crippen molar-refractivity contribution in [2.24, 2.45) is 0 Å². The zero-order valence-electron chi connectivity index (χ0n) is 15.5. The second kappa shape index (κ2) is 8.64. The minimum Gasteiger partial charge on any atom is -0.497 e. The van der Waals surface area contributed by atoms with Crippen molar-refractivity contribution in [3.05, 3.63) is 53.6 Å². The molecule has 0 aliphatic rings. The SMILES string of the molecule is COc1ccc(OC)c(C(=O)N(C)CC(=O)Nc2ccccc2C(F)(F)F)c1. The average Bonchev–Trinajstić information content (AvgIpc) is 2.66. The summed E-state index contributed by atoms with van der Waals surface area (Å²) in [4.78, 5) is 25.9. The first-order valence-corrected chi connectivity index (χ1v) is 8.11. The summed E-state index contributed by atoms with van der Waals surface area (Å²) in [6, 6.07) is 9.22. The third kappa shape index (κ3) is 4.93. The van der Waals surface area contributed by atoms with Gasteiger partial charge in [0.05, 0.1) is 37.6 Å². The maximum atomic E-state index is 13.0. The number of hydrogen-bond donors (Lipinski definition) is 1. The van der Waals surface area contributed by atoms with Crippen LogP contribution >= 0.6 is 0 Å². The lowest BCUT2D eigenvalue weighted by Gasteiger charge is -2.19. The number of halogens is 3. The second-order valence-corrected chi connectivity index (χ2v) is 5.82. The van der Waals surface area contributed by atoms with E-state index in [1.165, 1.54) is 39.5 Å². The summed E-state index contributed by atoms with van der Waals surface area (Å²) in [6.45, 7) is -0.453. The Balaban J connectivity index is 2.14. The van der Waals surface area contributed by atoms with Gasteiger partial charge in [0.2, 0.25) is 5.91 Å². The molecular weight excluding hydrogens is 377 g/mol. The number of methoxy groups -OCH3 is 2. The molecule has 0 bridgehead atoms. The molecule has 9 heteroatoms. The van der Waals surface area contributed by atoms with Crippen molar-refractivity contribution in [1.82, 2.24) is 4.90 Å². The van der Waals surface area contributed by atoms with Crippen LogP contribution in [0.25, 0.3) is 0 Å². The number of ether oxygens (including phenoxy) is 2. The minimum absolute atomic E-state index is 0.160. The topological polar surface area (TPSA) is 67.9 Å². The molecule has 0 aliphatic carbocycles. The molecule has 0 saturated heterocycles. The number of benzene rings is 2. The molecule has 2 aromatic carbocycles. The molecule has 0 atom stereocenters. The van der Waals surface area contributed by atoms with E-state index in [9.17, 15) is 22.8 Å². The second-order valence-electron chi connectivity index (χ2n) is 5.82. The van der Waals surface area contributed by atoms with Gasteiger partial charge in [-0.05, 0) is 30.3 Å². The number of anilines is 1. The lowest BCUT2D eigenvalue weighted by Crippen LogP contribution is -2.35. The van der Waals surface area contributed by atoms with Crippen LogP contribution in [0.15, 0.2) is 42.5 Å². The van der Waals surface area contributed by atoms with E-state index in [1.54, 1.807) is 12.1 Å². The number of carbonyl (C=O) groups is 2. The molecule has 28 heavy (non-hydrogen) atoms. The number of carbonyl (C=O) groups excluding carboxylic acids is 2. The van der Waals surface area contributed by atoms with Crippen LogP contribution in [0, 0.1) is 0 Å². The Morgan fingerprint density at radius 2 is 1.75 bits per heavy atom. The van der Waals surface area contributed by atoms with Crippen LogP contribution in [0.2, 0.25) is 0 Å². The minimum atomic E-state index is -4.61. The molecule has 0 saturated carbocycles. The molecule has 0 fully saturated rings. The fourth-order valence-electron chi connectivity index (χ4n) is 2.50. The zero-order chi connectivity index (χ0) is 20.9. The lowest BCUT2D eigenvalue weighted by atomic mass is 10.1. The van der Waals surface area contributed by atoms with E-state index < -0.39 is 30.1 Å². The largest absolute Gasteiger partial charge is 0.497 e. The van der Waals surface area contributed by atoms with Crippen LogP contribution < -0.4 is 14.8 Å². The van der Waals surface area contributed by atoms with Gasteiger partial charge in [-0.25, -0.2) is 0 Å². The Bertz CT molecular complexity index is 868. The fourth-order valence-corrected chi connectivity index (χ4v) is 2.50. The maximum absolute atomic E-state index is 13.0. The summed E-state index contributed by atoms with van der Waals surface area (Å²) in [5.74, 6) is -0.619. The number of alkyl halides is 3. The van der Waals surface area contributed by atoms with Gasteiger partial charge in [0.25, 0.3) is 5.91 Å². The zero-order valence-corrected chi connectivity index (χ0v) is 15.5. The van der Waals surface area contributed by atoms with Crippen molar-refractivity contribution < 1.29 is 32.2 Å². The van der Waals surface area contributed by atoms with Gasteiger partial charge in [-0.3, -0.25) is 9.59 Å². The molecular formula is C19H19F3N2O4. The molecule has 0 radical (unpaired) electrons. The monoisotopic (exact) mass is 396 g/mol. The molecule has 0 unspecified atom stereocenters. The molecule has 150 valence electrons. The van der Waals surface area contributed by atoms with E-state index in [4.69, 9.17) is 9.47 Å². The maximum Gasteiger partial charge on any atom is 0.418 e. The Labute approximate surface area is 159 Å². The molecule has 6 nitrogen and oxygen atoms in total. The van der Waals surface area contributed by atoms with Gasteiger partial charge in [-0.15, -0.1) is 0 Å². The van der Waals surface area contributed by atoms with Gasteiger partial charge in [0.15, 0.2) is 0 Å². The quantitative estimate of drug-likeness (QED) is 0.812. The van der Waals surface area contributed by atoms with Crippen molar-refractivity contribution in [3.63, 3.8) is 0 Å². The summed E-state index contributed by atoms with van der Waals surface area (Å²) < 4.78 is 49.3. The van der Waals surface area contributed by atoms with E-state index in [-0.39, 0.29) is 17.0 Å². The number of nitrogens with one attached hydrogen (secondary N) is 1. The third-order valence-electron chi connectivity index (χ3n) is 3.87. The molecule has 0 aromatic heterocycles. The molecule has 0 aliphatic heterocycles. The van der Waals surface area contributed by atoms with Gasteiger partial charge in [0.1, 0.15) is 11.5 Å². The molecule has 2 aromatic rings. The molecule has 1 N–H and O–H groups in total. The third-order valence-corrected chi connectivity index (χ3v) is 3.87. The number of hydrogen-bond acceptors (Lipinski definition) is 4. The van der Waals surface area contributed by atoms with Crippen molar-refractivity contribution in [2.45, 2.75) is 6.18 Å². The van der Waals surface area contributed by atoms with Crippen LogP contribution in [-0.2, 0) is 11.0 Å². The Morgan fingerprint density at radius 1 is 1.07 bits per heavy atom. The summed E-state index contributed by atoms with van der Waals surface area (Å²) in [5.41, 5.74) is -1.18. The van der Waals surface area contributed by atoms with Crippen molar-refractivity contribution in [2.75, 3.05) is 33.1 Å². The van der Waals surface area contributed by atoms with Crippen LogP contribution in [0.5, 0.6) is 11.5 Å². The number of likely N-dealkylation sites (N-methyl/N-ethyl adjacent to an activating group) is 1. The van der Waals surface area contributed by atoms with E-state index in [2.05, 4.69) is 5.32 Å². The predicted octanol–water partition coefficient (Wildman–Crippen LogP) is 3.43. The summed E-state index contributed by atoms with van der Waals surface area (Å²) in [5, 5.41) is 2.20. The van der Waals surface area contributed by atoms with Gasteiger partial charge in [0, 0.05) is 7.05 Å². The van der Waals surface area contributed by atoms with Crippen LogP contribution in [0.3, 0.4) is 0 Å². The van der Waals surface area contributed by atoms with Gasteiger partial charge >= 0.3 is 6.18 Å².